The lowest BCUT2D eigenvalue weighted by molar-refractivity contribution is -0.146. The fraction of sp³-hybridized carbons (Fsp3) is 0.389. The summed E-state index contributed by atoms with van der Waals surface area (Å²) in [4.78, 5) is 28.4. The molecular weight excluding hydrogens is 324 g/mol. The number of aromatic nitrogens is 1. The Morgan fingerprint density at radius 2 is 1.96 bits per heavy atom. The van der Waals surface area contributed by atoms with Crippen molar-refractivity contribution in [3.8, 4) is 0 Å². The van der Waals surface area contributed by atoms with Crippen LogP contribution in [0.3, 0.4) is 0 Å². The van der Waals surface area contributed by atoms with Crippen LogP contribution < -0.4 is 5.32 Å². The lowest BCUT2D eigenvalue weighted by Gasteiger charge is -2.19. The van der Waals surface area contributed by atoms with Crippen molar-refractivity contribution in [1.29, 1.82) is 0 Å². The summed E-state index contributed by atoms with van der Waals surface area (Å²) in [5, 5.41) is 5.58. The normalized spacial score (nSPS) is 12.0. The molecule has 0 aliphatic rings. The molecule has 5 nitrogen and oxygen atoms in total. The number of thiazole rings is 1. The van der Waals surface area contributed by atoms with Crippen LogP contribution in [-0.4, -0.2) is 30.0 Å². The summed E-state index contributed by atoms with van der Waals surface area (Å²) in [6.45, 7) is 3.73. The number of amides is 1. The Labute approximate surface area is 146 Å². The largest absolute Gasteiger partial charge is 0.467 e. The molecule has 1 heterocycles. The van der Waals surface area contributed by atoms with E-state index in [0.717, 1.165) is 17.1 Å². The number of methoxy groups -OCH3 is 1. The van der Waals surface area contributed by atoms with Crippen molar-refractivity contribution in [2.24, 2.45) is 5.92 Å². The second kappa shape index (κ2) is 8.59. The van der Waals surface area contributed by atoms with Gasteiger partial charge in [-0.05, 0) is 11.5 Å². The maximum absolute atomic E-state index is 12.2. The zero-order valence-corrected chi connectivity index (χ0v) is 14.9. The highest BCUT2D eigenvalue weighted by Crippen LogP contribution is 2.15. The predicted molar refractivity (Wildman–Crippen MR) is 93.9 cm³/mol. The predicted octanol–water partition coefficient (Wildman–Crippen LogP) is 2.59. The maximum atomic E-state index is 12.2. The molecule has 0 radical (unpaired) electrons. The van der Waals surface area contributed by atoms with Crippen LogP contribution in [0.4, 0.5) is 0 Å². The Morgan fingerprint density at radius 3 is 2.58 bits per heavy atom. The fourth-order valence-electron chi connectivity index (χ4n) is 2.30. The van der Waals surface area contributed by atoms with Gasteiger partial charge in [-0.15, -0.1) is 11.3 Å². The molecule has 0 aliphatic heterocycles. The van der Waals surface area contributed by atoms with Gasteiger partial charge in [-0.1, -0.05) is 44.2 Å². The van der Waals surface area contributed by atoms with E-state index in [1.165, 1.54) is 24.0 Å². The highest BCUT2D eigenvalue weighted by molar-refractivity contribution is 7.09. The minimum absolute atomic E-state index is 0.0366. The van der Waals surface area contributed by atoms with E-state index in [1.54, 1.807) is 0 Å². The van der Waals surface area contributed by atoms with Gasteiger partial charge in [0.2, 0.25) is 5.91 Å². The number of carbonyl (C=O) groups excluding carboxylic acids is 2. The molecule has 1 aromatic carbocycles. The summed E-state index contributed by atoms with van der Waals surface area (Å²) >= 11 is 1.54. The van der Waals surface area contributed by atoms with E-state index in [2.05, 4.69) is 22.4 Å². The van der Waals surface area contributed by atoms with Gasteiger partial charge >= 0.3 is 5.97 Å². The van der Waals surface area contributed by atoms with Gasteiger partial charge in [0, 0.05) is 11.8 Å². The van der Waals surface area contributed by atoms with Gasteiger partial charge in [0.1, 0.15) is 6.04 Å². The molecule has 0 saturated carbocycles. The van der Waals surface area contributed by atoms with Crippen LogP contribution in [0.15, 0.2) is 35.7 Å². The lowest BCUT2D eigenvalue weighted by atomic mass is 10.0. The van der Waals surface area contributed by atoms with Gasteiger partial charge in [-0.3, -0.25) is 4.79 Å². The molecule has 1 amide bonds. The van der Waals surface area contributed by atoms with E-state index in [0.29, 0.717) is 0 Å². The zero-order chi connectivity index (χ0) is 17.5. The number of rotatable bonds is 7. The number of esters is 1. The minimum Gasteiger partial charge on any atom is -0.467 e. The second-order valence-electron chi connectivity index (χ2n) is 5.88. The molecule has 2 rings (SSSR count). The molecule has 2 aromatic rings. The standard InChI is InChI=1S/C18H22N2O3S/c1-12(2)17(18(22)23-3)20-15(21)10-14-11-24-16(19-14)9-13-7-5-4-6-8-13/h4-8,11-12,17H,9-10H2,1-3H3,(H,20,21). The van der Waals surface area contributed by atoms with Gasteiger partial charge in [-0.2, -0.15) is 0 Å². The molecule has 0 aliphatic carbocycles. The first-order chi connectivity index (χ1) is 11.5. The molecule has 6 heteroatoms. The number of nitrogens with one attached hydrogen (secondary N) is 1. The number of ether oxygens (including phenoxy) is 1. The summed E-state index contributed by atoms with van der Waals surface area (Å²) in [6.07, 6.45) is 0.912. The Morgan fingerprint density at radius 1 is 1.25 bits per heavy atom. The summed E-state index contributed by atoms with van der Waals surface area (Å²) < 4.78 is 4.73. The Balaban J connectivity index is 1.93. The van der Waals surface area contributed by atoms with Gasteiger partial charge in [0.15, 0.2) is 0 Å². The van der Waals surface area contributed by atoms with Crippen molar-refractivity contribution in [1.82, 2.24) is 10.3 Å². The van der Waals surface area contributed by atoms with Crippen LogP contribution in [0, 0.1) is 5.92 Å². The van der Waals surface area contributed by atoms with E-state index in [-0.39, 0.29) is 18.2 Å². The molecule has 0 fully saturated rings. The summed E-state index contributed by atoms with van der Waals surface area (Å²) in [6, 6.07) is 9.44. The van der Waals surface area contributed by atoms with Crippen LogP contribution in [0.5, 0.6) is 0 Å². The number of hydrogen-bond acceptors (Lipinski definition) is 5. The summed E-state index contributed by atoms with van der Waals surface area (Å²) in [5.41, 5.74) is 1.91. The van der Waals surface area contributed by atoms with Gasteiger partial charge in [0.25, 0.3) is 0 Å². The SMILES string of the molecule is COC(=O)C(NC(=O)Cc1csc(Cc2ccccc2)n1)C(C)C. The molecule has 1 unspecified atom stereocenters. The smallest absolute Gasteiger partial charge is 0.328 e. The van der Waals surface area contributed by atoms with Crippen molar-refractivity contribution >= 4 is 23.2 Å². The Hall–Kier alpha value is -2.21. The summed E-state index contributed by atoms with van der Waals surface area (Å²) in [7, 11) is 1.32. The van der Waals surface area contributed by atoms with E-state index < -0.39 is 12.0 Å². The minimum atomic E-state index is -0.634. The van der Waals surface area contributed by atoms with Crippen LogP contribution in [0.2, 0.25) is 0 Å². The van der Waals surface area contributed by atoms with Crippen LogP contribution in [0.25, 0.3) is 0 Å². The first kappa shape index (κ1) is 18.1. The number of nitrogens with zero attached hydrogens (tertiary/aromatic N) is 1. The topological polar surface area (TPSA) is 68.3 Å². The summed E-state index contributed by atoms with van der Waals surface area (Å²) in [5.74, 6) is -0.692. The third kappa shape index (κ3) is 5.16. The third-order valence-electron chi connectivity index (χ3n) is 3.58. The number of hydrogen-bond donors (Lipinski definition) is 1. The van der Waals surface area contributed by atoms with Crippen molar-refractivity contribution in [2.45, 2.75) is 32.7 Å². The molecule has 24 heavy (non-hydrogen) atoms. The molecule has 0 spiro atoms. The monoisotopic (exact) mass is 346 g/mol. The first-order valence-electron chi connectivity index (χ1n) is 7.84. The molecule has 0 saturated heterocycles. The third-order valence-corrected chi connectivity index (χ3v) is 4.48. The average Bonchev–Trinajstić information content (AvgIpc) is 2.99. The van der Waals surface area contributed by atoms with Gasteiger partial charge in [0.05, 0.1) is 24.2 Å². The molecule has 0 bridgehead atoms. The number of benzene rings is 1. The first-order valence-corrected chi connectivity index (χ1v) is 8.72. The zero-order valence-electron chi connectivity index (χ0n) is 14.1. The van der Waals surface area contributed by atoms with E-state index in [4.69, 9.17) is 4.74 Å². The van der Waals surface area contributed by atoms with E-state index in [9.17, 15) is 9.59 Å². The second-order valence-corrected chi connectivity index (χ2v) is 6.83. The van der Waals surface area contributed by atoms with Crippen LogP contribution in [0.1, 0.15) is 30.1 Å². The van der Waals surface area contributed by atoms with Crippen molar-refractivity contribution < 1.29 is 14.3 Å². The van der Waals surface area contributed by atoms with Crippen molar-refractivity contribution in [3.05, 3.63) is 52.0 Å². The highest BCUT2D eigenvalue weighted by atomic mass is 32.1. The quantitative estimate of drug-likeness (QED) is 0.783. The fourth-order valence-corrected chi connectivity index (χ4v) is 3.12. The molecular formula is C18H22N2O3S. The van der Waals surface area contributed by atoms with E-state index >= 15 is 0 Å². The number of carbonyl (C=O) groups is 2. The van der Waals surface area contributed by atoms with Crippen LogP contribution >= 0.6 is 11.3 Å². The lowest BCUT2D eigenvalue weighted by Crippen LogP contribution is -2.45. The maximum Gasteiger partial charge on any atom is 0.328 e. The van der Waals surface area contributed by atoms with Crippen LogP contribution in [-0.2, 0) is 27.2 Å². The van der Waals surface area contributed by atoms with Crippen molar-refractivity contribution in [2.75, 3.05) is 7.11 Å². The molecule has 128 valence electrons. The van der Waals surface area contributed by atoms with E-state index in [1.807, 2.05) is 37.4 Å². The molecule has 1 atom stereocenters. The van der Waals surface area contributed by atoms with Gasteiger partial charge < -0.3 is 10.1 Å². The molecule has 1 N–H and O–H groups in total. The average molecular weight is 346 g/mol. The van der Waals surface area contributed by atoms with Gasteiger partial charge in [-0.25, -0.2) is 9.78 Å². The van der Waals surface area contributed by atoms with Crippen molar-refractivity contribution in [3.63, 3.8) is 0 Å². The Kier molecular flexibility index (Phi) is 6.49. The molecule has 1 aromatic heterocycles. The highest BCUT2D eigenvalue weighted by Gasteiger charge is 2.25. The Bertz CT molecular complexity index is 683.